The topological polar surface area (TPSA) is 47.8 Å². The second kappa shape index (κ2) is 3.02. The lowest BCUT2D eigenvalue weighted by Crippen LogP contribution is -2.09. The van der Waals surface area contributed by atoms with Gasteiger partial charge < -0.3 is 0 Å². The molecule has 4 nitrogen and oxygen atoms in total. The fraction of sp³-hybridized carbons (Fsp3) is 0.182. The Kier molecular flexibility index (Phi) is 1.68. The van der Waals surface area contributed by atoms with Crippen LogP contribution in [0.2, 0.25) is 0 Å². The molecule has 0 bridgehead atoms. The van der Waals surface area contributed by atoms with Crippen molar-refractivity contribution in [2.45, 2.75) is 13.0 Å². The number of hydrogen-bond donors (Lipinski definition) is 0. The molecule has 4 heteroatoms. The molecule has 0 fully saturated rings. The van der Waals surface area contributed by atoms with Crippen LogP contribution >= 0.6 is 0 Å². The molecule has 2 heterocycles. The van der Waals surface area contributed by atoms with Crippen LogP contribution in [-0.4, -0.2) is 20.5 Å². The number of aryl methyl sites for hydroxylation is 2. The normalized spacial score (nSPS) is 14.3. The summed E-state index contributed by atoms with van der Waals surface area (Å²) in [6, 6.07) is 7.66. The second-order valence-corrected chi connectivity index (χ2v) is 3.54. The number of fused-ring (bicyclic) bond motifs is 2. The zero-order chi connectivity index (χ0) is 10.3. The third-order valence-corrected chi connectivity index (χ3v) is 2.67. The second-order valence-electron chi connectivity index (χ2n) is 3.54. The van der Waals surface area contributed by atoms with Crippen LogP contribution in [0.15, 0.2) is 30.6 Å². The Balaban J connectivity index is 2.22. The third kappa shape index (κ3) is 1.18. The van der Waals surface area contributed by atoms with Gasteiger partial charge in [-0.25, -0.2) is 9.67 Å². The van der Waals surface area contributed by atoms with E-state index in [1.54, 1.807) is 4.68 Å². The van der Waals surface area contributed by atoms with Gasteiger partial charge in [0, 0.05) is 12.1 Å². The van der Waals surface area contributed by atoms with E-state index in [1.807, 2.05) is 24.3 Å². The van der Waals surface area contributed by atoms with Crippen molar-refractivity contribution in [3.05, 3.63) is 47.5 Å². The highest BCUT2D eigenvalue weighted by Gasteiger charge is 2.22. The van der Waals surface area contributed by atoms with E-state index in [-0.39, 0.29) is 5.78 Å². The summed E-state index contributed by atoms with van der Waals surface area (Å²) in [6.45, 7) is 0.720. The lowest BCUT2D eigenvalue weighted by atomic mass is 10.0. The first-order valence-electron chi connectivity index (χ1n) is 4.86. The maximum Gasteiger partial charge on any atom is 0.230 e. The SMILES string of the molecule is O=C1c2ccccc2CCn2ncnc21. The van der Waals surface area contributed by atoms with Crippen molar-refractivity contribution < 1.29 is 4.79 Å². The lowest BCUT2D eigenvalue weighted by molar-refractivity contribution is 0.102. The van der Waals surface area contributed by atoms with Crippen LogP contribution in [0, 0.1) is 0 Å². The van der Waals surface area contributed by atoms with Gasteiger partial charge in [0.15, 0.2) is 5.82 Å². The minimum atomic E-state index is -0.0272. The predicted octanol–water partition coefficient (Wildman–Crippen LogP) is 1.07. The zero-order valence-electron chi connectivity index (χ0n) is 8.05. The molecule has 3 rings (SSSR count). The Hall–Kier alpha value is -1.97. The minimum Gasteiger partial charge on any atom is -0.285 e. The Labute approximate surface area is 86.6 Å². The van der Waals surface area contributed by atoms with E-state index in [2.05, 4.69) is 10.1 Å². The average molecular weight is 199 g/mol. The molecule has 0 aliphatic carbocycles. The number of benzene rings is 1. The molecule has 74 valence electrons. The molecule has 1 aromatic heterocycles. The number of carbonyl (C=O) groups excluding carboxylic acids is 1. The van der Waals surface area contributed by atoms with Gasteiger partial charge in [-0.15, -0.1) is 0 Å². The number of ketones is 1. The average Bonchev–Trinajstić information content (AvgIpc) is 2.69. The van der Waals surface area contributed by atoms with Crippen molar-refractivity contribution in [2.75, 3.05) is 0 Å². The van der Waals surface area contributed by atoms with E-state index in [1.165, 1.54) is 6.33 Å². The smallest absolute Gasteiger partial charge is 0.230 e. The molecule has 0 atom stereocenters. The number of nitrogens with zero attached hydrogens (tertiary/aromatic N) is 3. The van der Waals surface area contributed by atoms with Crippen molar-refractivity contribution in [1.82, 2.24) is 14.8 Å². The van der Waals surface area contributed by atoms with Crippen LogP contribution in [-0.2, 0) is 13.0 Å². The first kappa shape index (κ1) is 8.35. The van der Waals surface area contributed by atoms with Crippen molar-refractivity contribution in [2.24, 2.45) is 0 Å². The molecular weight excluding hydrogens is 190 g/mol. The van der Waals surface area contributed by atoms with Crippen LogP contribution in [0.4, 0.5) is 0 Å². The van der Waals surface area contributed by atoms with Gasteiger partial charge in [-0.3, -0.25) is 4.79 Å². The number of hydrogen-bond acceptors (Lipinski definition) is 3. The molecule has 1 aliphatic heterocycles. The van der Waals surface area contributed by atoms with Crippen molar-refractivity contribution in [1.29, 1.82) is 0 Å². The van der Waals surface area contributed by atoms with E-state index in [4.69, 9.17) is 0 Å². The van der Waals surface area contributed by atoms with Crippen LogP contribution in [0.3, 0.4) is 0 Å². The minimum absolute atomic E-state index is 0.0272. The highest BCUT2D eigenvalue weighted by Crippen LogP contribution is 2.17. The number of carbonyl (C=O) groups is 1. The molecule has 15 heavy (non-hydrogen) atoms. The molecule has 0 amide bonds. The fourth-order valence-corrected chi connectivity index (χ4v) is 1.91. The zero-order valence-corrected chi connectivity index (χ0v) is 8.05. The number of rotatable bonds is 0. The summed E-state index contributed by atoms with van der Waals surface area (Å²) in [5.74, 6) is 0.417. The molecular formula is C11H9N3O. The lowest BCUT2D eigenvalue weighted by Gasteiger charge is -2.00. The van der Waals surface area contributed by atoms with Crippen LogP contribution in [0.1, 0.15) is 21.7 Å². The predicted molar refractivity (Wildman–Crippen MR) is 53.6 cm³/mol. The molecule has 0 radical (unpaired) electrons. The summed E-state index contributed by atoms with van der Waals surface area (Å²) in [5.41, 5.74) is 1.83. The third-order valence-electron chi connectivity index (χ3n) is 2.67. The molecule has 2 aromatic rings. The molecule has 0 N–H and O–H groups in total. The fourth-order valence-electron chi connectivity index (χ4n) is 1.91. The largest absolute Gasteiger partial charge is 0.285 e. The van der Waals surface area contributed by atoms with E-state index < -0.39 is 0 Å². The molecule has 0 saturated heterocycles. The van der Waals surface area contributed by atoms with Crippen LogP contribution < -0.4 is 0 Å². The quantitative estimate of drug-likeness (QED) is 0.637. The van der Waals surface area contributed by atoms with E-state index in [0.29, 0.717) is 5.82 Å². The molecule has 0 spiro atoms. The summed E-state index contributed by atoms with van der Waals surface area (Å²) in [6.07, 6.45) is 2.26. The van der Waals surface area contributed by atoms with Gasteiger partial charge in [-0.05, 0) is 12.0 Å². The molecule has 0 saturated carbocycles. The summed E-state index contributed by atoms with van der Waals surface area (Å²) >= 11 is 0. The first-order chi connectivity index (χ1) is 7.36. The monoisotopic (exact) mass is 199 g/mol. The molecule has 1 aromatic carbocycles. The molecule has 0 unspecified atom stereocenters. The van der Waals surface area contributed by atoms with Crippen LogP contribution in [0.5, 0.6) is 0 Å². The summed E-state index contributed by atoms with van der Waals surface area (Å²) in [4.78, 5) is 16.1. The highest BCUT2D eigenvalue weighted by molar-refractivity contribution is 6.07. The standard InChI is InChI=1S/C11H9N3O/c15-10-9-4-2-1-3-8(9)5-6-14-11(10)12-7-13-14/h1-4,7H,5-6H2. The summed E-state index contributed by atoms with van der Waals surface area (Å²) in [5, 5.41) is 4.03. The maximum absolute atomic E-state index is 12.1. The Morgan fingerprint density at radius 2 is 2.13 bits per heavy atom. The molecule has 1 aliphatic rings. The van der Waals surface area contributed by atoms with Crippen molar-refractivity contribution >= 4 is 5.78 Å². The van der Waals surface area contributed by atoms with Gasteiger partial charge in [0.25, 0.3) is 0 Å². The van der Waals surface area contributed by atoms with E-state index >= 15 is 0 Å². The Morgan fingerprint density at radius 3 is 3.07 bits per heavy atom. The van der Waals surface area contributed by atoms with Gasteiger partial charge in [0.1, 0.15) is 6.33 Å². The van der Waals surface area contributed by atoms with Crippen LogP contribution in [0.25, 0.3) is 0 Å². The van der Waals surface area contributed by atoms with Gasteiger partial charge in [-0.2, -0.15) is 5.10 Å². The Bertz CT molecular complexity index is 530. The highest BCUT2D eigenvalue weighted by atomic mass is 16.1. The van der Waals surface area contributed by atoms with E-state index in [0.717, 1.165) is 24.1 Å². The van der Waals surface area contributed by atoms with Gasteiger partial charge in [0.2, 0.25) is 5.78 Å². The Morgan fingerprint density at radius 1 is 1.27 bits per heavy atom. The van der Waals surface area contributed by atoms with Gasteiger partial charge >= 0.3 is 0 Å². The van der Waals surface area contributed by atoms with Crippen molar-refractivity contribution in [3.8, 4) is 0 Å². The number of aromatic nitrogens is 3. The van der Waals surface area contributed by atoms with E-state index in [9.17, 15) is 4.79 Å². The maximum atomic E-state index is 12.1. The van der Waals surface area contributed by atoms with Gasteiger partial charge in [0.05, 0.1) is 0 Å². The van der Waals surface area contributed by atoms with Gasteiger partial charge in [-0.1, -0.05) is 24.3 Å². The summed E-state index contributed by atoms with van der Waals surface area (Å²) in [7, 11) is 0. The first-order valence-corrected chi connectivity index (χ1v) is 4.86. The van der Waals surface area contributed by atoms with Crippen molar-refractivity contribution in [3.63, 3.8) is 0 Å². The summed E-state index contributed by atoms with van der Waals surface area (Å²) < 4.78 is 1.67.